The van der Waals surface area contributed by atoms with Crippen LogP contribution in [-0.4, -0.2) is 45.2 Å². The number of halogens is 3. The highest BCUT2D eigenvalue weighted by Crippen LogP contribution is 2.49. The number of benzene rings is 1. The first kappa shape index (κ1) is 26.3. The van der Waals surface area contributed by atoms with E-state index in [0.717, 1.165) is 6.07 Å². The summed E-state index contributed by atoms with van der Waals surface area (Å²) in [5, 5.41) is 13.3. The van der Waals surface area contributed by atoms with E-state index < -0.39 is 59.5 Å². The first-order valence-corrected chi connectivity index (χ1v) is 11.3. The molecule has 1 amide bonds. The maximum Gasteiger partial charge on any atom is 0.433 e. The minimum absolute atomic E-state index is 0.0665. The molecule has 0 spiro atoms. The Morgan fingerprint density at radius 1 is 1.06 bits per heavy atom. The molecule has 2 heterocycles. The Balaban J connectivity index is 2.20. The van der Waals surface area contributed by atoms with E-state index >= 15 is 0 Å². The number of carbonyl (C=O) groups excluding carboxylic acids is 1. The van der Waals surface area contributed by atoms with Crippen LogP contribution in [0.5, 0.6) is 0 Å². The SMILES string of the molecule is CC(C)OC(=O)N1C(C(=O)O)C(C(C)(C)C)C(Nc2cccc(C(F)(F)F)n2)C1c1ccccc1. The Kier molecular flexibility index (Phi) is 7.33. The normalized spacial score (nSPS) is 22.8. The van der Waals surface area contributed by atoms with Crippen molar-refractivity contribution < 1.29 is 32.6 Å². The number of carbonyl (C=O) groups is 2. The average molecular weight is 494 g/mol. The smallest absolute Gasteiger partial charge is 0.433 e. The van der Waals surface area contributed by atoms with Crippen LogP contribution in [0.15, 0.2) is 48.5 Å². The highest BCUT2D eigenvalue weighted by atomic mass is 19.4. The van der Waals surface area contributed by atoms with E-state index in [4.69, 9.17) is 4.74 Å². The number of nitrogens with one attached hydrogen (secondary N) is 1. The second-order valence-corrected chi connectivity index (χ2v) is 9.95. The third kappa shape index (κ3) is 5.68. The Bertz CT molecular complexity index is 1050. The van der Waals surface area contributed by atoms with Gasteiger partial charge < -0.3 is 15.2 Å². The zero-order valence-corrected chi connectivity index (χ0v) is 20.2. The number of alkyl halides is 3. The average Bonchev–Trinajstić information content (AvgIpc) is 3.09. The van der Waals surface area contributed by atoms with Crippen molar-refractivity contribution in [2.75, 3.05) is 5.32 Å². The van der Waals surface area contributed by atoms with Gasteiger partial charge in [-0.15, -0.1) is 0 Å². The minimum Gasteiger partial charge on any atom is -0.480 e. The molecule has 1 aromatic heterocycles. The largest absolute Gasteiger partial charge is 0.480 e. The monoisotopic (exact) mass is 493 g/mol. The summed E-state index contributed by atoms with van der Waals surface area (Å²) in [6, 6.07) is 9.34. The number of carboxylic acid groups (broad SMARTS) is 1. The van der Waals surface area contributed by atoms with Crippen LogP contribution in [-0.2, 0) is 15.7 Å². The summed E-state index contributed by atoms with van der Waals surface area (Å²) in [4.78, 5) is 30.8. The number of hydrogen-bond acceptors (Lipinski definition) is 5. The van der Waals surface area contributed by atoms with Gasteiger partial charge in [-0.2, -0.15) is 13.2 Å². The number of rotatable bonds is 5. The van der Waals surface area contributed by atoms with E-state index in [9.17, 15) is 27.9 Å². The van der Waals surface area contributed by atoms with Gasteiger partial charge in [-0.1, -0.05) is 57.2 Å². The standard InChI is InChI=1S/C25H30F3N3O4/c1-14(2)35-23(34)31-20(15-10-7-6-8-11-15)19(18(24(3,4)5)21(31)22(32)33)30-17-13-9-12-16(29-17)25(26,27)28/h6-14,18-21H,1-5H3,(H,29,30)(H,32,33). The molecule has 1 aliphatic heterocycles. The molecule has 1 aliphatic rings. The second-order valence-electron chi connectivity index (χ2n) is 9.95. The first-order valence-electron chi connectivity index (χ1n) is 11.3. The van der Waals surface area contributed by atoms with Crippen LogP contribution in [0.25, 0.3) is 0 Å². The molecule has 2 N–H and O–H groups in total. The van der Waals surface area contributed by atoms with Crippen molar-refractivity contribution in [3.63, 3.8) is 0 Å². The number of aliphatic carboxylic acids is 1. The summed E-state index contributed by atoms with van der Waals surface area (Å²) < 4.78 is 45.3. The topological polar surface area (TPSA) is 91.8 Å². The zero-order valence-electron chi connectivity index (χ0n) is 20.2. The molecule has 10 heteroatoms. The summed E-state index contributed by atoms with van der Waals surface area (Å²) in [5.41, 5.74) is -1.12. The lowest BCUT2D eigenvalue weighted by molar-refractivity contribution is -0.145. The van der Waals surface area contributed by atoms with Gasteiger partial charge in [-0.3, -0.25) is 4.90 Å². The fourth-order valence-corrected chi connectivity index (χ4v) is 4.72. The summed E-state index contributed by atoms with van der Waals surface area (Å²) in [6.45, 7) is 8.82. The Morgan fingerprint density at radius 2 is 1.69 bits per heavy atom. The predicted molar refractivity (Wildman–Crippen MR) is 124 cm³/mol. The number of carboxylic acids is 1. The minimum atomic E-state index is -4.65. The molecule has 4 atom stereocenters. The first-order chi connectivity index (χ1) is 16.2. The molecule has 1 aromatic carbocycles. The van der Waals surface area contributed by atoms with Gasteiger partial charge in [0, 0.05) is 5.92 Å². The molecule has 0 saturated carbocycles. The third-order valence-electron chi connectivity index (χ3n) is 5.96. The molecule has 2 aromatic rings. The molecular weight excluding hydrogens is 463 g/mol. The highest BCUT2D eigenvalue weighted by molar-refractivity contribution is 5.82. The van der Waals surface area contributed by atoms with Gasteiger partial charge >= 0.3 is 18.2 Å². The Morgan fingerprint density at radius 3 is 2.20 bits per heavy atom. The van der Waals surface area contributed by atoms with Crippen LogP contribution in [0.4, 0.5) is 23.8 Å². The number of hydrogen-bond donors (Lipinski definition) is 2. The molecule has 0 aliphatic carbocycles. The van der Waals surface area contributed by atoms with Gasteiger partial charge in [0.15, 0.2) is 0 Å². The molecular formula is C25H30F3N3O4. The highest BCUT2D eigenvalue weighted by Gasteiger charge is 2.59. The lowest BCUT2D eigenvalue weighted by atomic mass is 9.72. The predicted octanol–water partition coefficient (Wildman–Crippen LogP) is 5.60. The van der Waals surface area contributed by atoms with Crippen molar-refractivity contribution in [3.8, 4) is 0 Å². The van der Waals surface area contributed by atoms with Crippen LogP contribution in [0.3, 0.4) is 0 Å². The van der Waals surface area contributed by atoms with Gasteiger partial charge in [-0.25, -0.2) is 14.6 Å². The summed E-state index contributed by atoms with van der Waals surface area (Å²) >= 11 is 0. The second kappa shape index (κ2) is 9.75. The van der Waals surface area contributed by atoms with E-state index in [0.29, 0.717) is 5.56 Å². The number of anilines is 1. The quantitative estimate of drug-likeness (QED) is 0.564. The molecule has 190 valence electrons. The van der Waals surface area contributed by atoms with Gasteiger partial charge in [-0.05, 0) is 37.0 Å². The van der Waals surface area contributed by atoms with Crippen molar-refractivity contribution in [2.24, 2.45) is 11.3 Å². The van der Waals surface area contributed by atoms with Crippen LogP contribution in [0.2, 0.25) is 0 Å². The van der Waals surface area contributed by atoms with Crippen molar-refractivity contribution in [2.45, 2.75) is 65.0 Å². The van der Waals surface area contributed by atoms with Gasteiger partial charge in [0.05, 0.1) is 18.2 Å². The molecule has 1 fully saturated rings. The molecule has 1 saturated heterocycles. The molecule has 4 unspecified atom stereocenters. The lowest BCUT2D eigenvalue weighted by Crippen LogP contribution is -2.47. The van der Waals surface area contributed by atoms with Crippen molar-refractivity contribution in [3.05, 3.63) is 59.8 Å². The summed E-state index contributed by atoms with van der Waals surface area (Å²) in [5.74, 6) is -2.00. The van der Waals surface area contributed by atoms with E-state index in [-0.39, 0.29) is 5.82 Å². The number of amides is 1. The fourth-order valence-electron chi connectivity index (χ4n) is 4.72. The van der Waals surface area contributed by atoms with E-state index in [1.54, 1.807) is 44.2 Å². The van der Waals surface area contributed by atoms with E-state index in [1.807, 2.05) is 20.8 Å². The van der Waals surface area contributed by atoms with Crippen LogP contribution >= 0.6 is 0 Å². The molecule has 0 radical (unpaired) electrons. The van der Waals surface area contributed by atoms with E-state index in [1.165, 1.54) is 17.0 Å². The number of likely N-dealkylation sites (tertiary alicyclic amines) is 1. The van der Waals surface area contributed by atoms with Crippen LogP contribution in [0.1, 0.15) is 51.9 Å². The number of ether oxygens (including phenoxy) is 1. The molecule has 7 nitrogen and oxygen atoms in total. The van der Waals surface area contributed by atoms with Gasteiger partial charge in [0.2, 0.25) is 0 Å². The van der Waals surface area contributed by atoms with Crippen LogP contribution in [0, 0.1) is 11.3 Å². The van der Waals surface area contributed by atoms with Crippen molar-refractivity contribution >= 4 is 17.9 Å². The third-order valence-corrected chi connectivity index (χ3v) is 5.96. The summed E-state index contributed by atoms with van der Waals surface area (Å²) in [7, 11) is 0. The Hall–Kier alpha value is -3.30. The Labute approximate surface area is 202 Å². The van der Waals surface area contributed by atoms with Crippen molar-refractivity contribution in [1.82, 2.24) is 9.88 Å². The number of pyridine rings is 1. The summed E-state index contributed by atoms with van der Waals surface area (Å²) in [6.07, 6.45) is -5.96. The fraction of sp³-hybridized carbons (Fsp3) is 0.480. The van der Waals surface area contributed by atoms with Crippen molar-refractivity contribution in [1.29, 1.82) is 0 Å². The number of nitrogens with zero attached hydrogens (tertiary/aromatic N) is 2. The number of aromatic nitrogens is 1. The van der Waals surface area contributed by atoms with Crippen LogP contribution < -0.4 is 5.32 Å². The van der Waals surface area contributed by atoms with Gasteiger partial charge in [0.1, 0.15) is 17.6 Å². The molecule has 35 heavy (non-hydrogen) atoms. The maximum absolute atomic E-state index is 13.3. The lowest BCUT2D eigenvalue weighted by Gasteiger charge is -2.35. The zero-order chi connectivity index (χ0) is 26.1. The molecule has 3 rings (SSSR count). The van der Waals surface area contributed by atoms with E-state index in [2.05, 4.69) is 10.3 Å². The molecule has 0 bridgehead atoms. The van der Waals surface area contributed by atoms with Gasteiger partial charge in [0.25, 0.3) is 0 Å². The maximum atomic E-state index is 13.3.